The van der Waals surface area contributed by atoms with Gasteiger partial charge in [0.2, 0.25) is 0 Å². The Hall–Kier alpha value is -3.13. The SMILES string of the molecule is CC(C)N1CCOc2c(F)cc(-c3nc(Cc4ncc(C5CCN(C)CC5)c5c4CCC5)ncc3F)cc21. The summed E-state index contributed by atoms with van der Waals surface area (Å²) in [7, 11) is 2.19. The molecule has 0 radical (unpaired) electrons. The summed E-state index contributed by atoms with van der Waals surface area (Å²) in [6, 6.07) is 3.24. The molecule has 0 bridgehead atoms. The van der Waals surface area contributed by atoms with Crippen LogP contribution in [0.25, 0.3) is 11.3 Å². The molecule has 3 aromatic rings. The highest BCUT2D eigenvalue weighted by Crippen LogP contribution is 2.40. The van der Waals surface area contributed by atoms with E-state index in [1.54, 1.807) is 6.07 Å². The van der Waals surface area contributed by atoms with Crippen molar-refractivity contribution in [3.63, 3.8) is 0 Å². The zero-order valence-corrected chi connectivity index (χ0v) is 22.4. The van der Waals surface area contributed by atoms with Crippen LogP contribution in [-0.2, 0) is 19.3 Å². The molecule has 0 saturated carbocycles. The van der Waals surface area contributed by atoms with E-state index in [0.717, 1.165) is 38.0 Å². The first-order valence-electron chi connectivity index (χ1n) is 13.8. The number of anilines is 1. The van der Waals surface area contributed by atoms with Crippen LogP contribution in [0.5, 0.6) is 5.75 Å². The van der Waals surface area contributed by atoms with Gasteiger partial charge >= 0.3 is 0 Å². The van der Waals surface area contributed by atoms with E-state index in [-0.39, 0.29) is 17.5 Å². The van der Waals surface area contributed by atoms with Gasteiger partial charge in [-0.3, -0.25) is 4.98 Å². The van der Waals surface area contributed by atoms with Crippen LogP contribution in [0, 0.1) is 11.6 Å². The summed E-state index contributed by atoms with van der Waals surface area (Å²) in [6.45, 7) is 7.41. The van der Waals surface area contributed by atoms with Crippen LogP contribution in [0.15, 0.2) is 24.5 Å². The Bertz CT molecular complexity index is 1350. The first kappa shape index (κ1) is 25.2. The standard InChI is InChI=1S/C30H35F2N5O/c1-18(2)37-11-12-38-30-24(31)13-20(14-27(30)37)29-25(32)17-34-28(35-29)15-26-22-6-4-5-21(22)23(16-33-26)19-7-9-36(3)10-8-19/h13-14,16-19H,4-12,15H2,1-3H3. The molecule has 0 amide bonds. The highest BCUT2D eigenvalue weighted by atomic mass is 19.1. The largest absolute Gasteiger partial charge is 0.486 e. The Labute approximate surface area is 223 Å². The second kappa shape index (κ2) is 10.2. The maximum atomic E-state index is 15.1. The van der Waals surface area contributed by atoms with Crippen molar-refractivity contribution in [2.45, 2.75) is 64.3 Å². The fraction of sp³-hybridized carbons (Fsp3) is 0.500. The number of benzene rings is 1. The van der Waals surface area contributed by atoms with Gasteiger partial charge < -0.3 is 14.5 Å². The predicted octanol–water partition coefficient (Wildman–Crippen LogP) is 5.31. The third kappa shape index (κ3) is 4.64. The average molecular weight is 520 g/mol. The van der Waals surface area contributed by atoms with E-state index < -0.39 is 11.6 Å². The molecule has 0 unspecified atom stereocenters. The van der Waals surface area contributed by atoms with E-state index in [1.807, 2.05) is 13.8 Å². The van der Waals surface area contributed by atoms with Crippen LogP contribution in [0.4, 0.5) is 14.5 Å². The van der Waals surface area contributed by atoms with Crippen molar-refractivity contribution in [3.8, 4) is 17.0 Å². The first-order chi connectivity index (χ1) is 18.4. The lowest BCUT2D eigenvalue weighted by Gasteiger charge is -2.34. The monoisotopic (exact) mass is 519 g/mol. The van der Waals surface area contributed by atoms with Crippen molar-refractivity contribution in [2.75, 3.05) is 38.2 Å². The maximum absolute atomic E-state index is 15.1. The van der Waals surface area contributed by atoms with Crippen molar-refractivity contribution >= 4 is 5.69 Å². The Morgan fingerprint density at radius 3 is 2.58 bits per heavy atom. The van der Waals surface area contributed by atoms with Gasteiger partial charge in [0.25, 0.3) is 0 Å². The molecular formula is C30H35F2N5O. The Morgan fingerprint density at radius 1 is 1.00 bits per heavy atom. The number of likely N-dealkylation sites (tertiary alicyclic amines) is 1. The van der Waals surface area contributed by atoms with Crippen LogP contribution in [0.3, 0.4) is 0 Å². The summed E-state index contributed by atoms with van der Waals surface area (Å²) in [6.07, 6.45) is 9.26. The number of halogens is 2. The number of hydrogen-bond donors (Lipinski definition) is 0. The summed E-state index contributed by atoms with van der Waals surface area (Å²) in [5.41, 5.74) is 6.28. The van der Waals surface area contributed by atoms with Crippen LogP contribution in [0.2, 0.25) is 0 Å². The third-order valence-electron chi connectivity index (χ3n) is 8.36. The van der Waals surface area contributed by atoms with Crippen LogP contribution in [-0.4, -0.2) is 59.2 Å². The smallest absolute Gasteiger partial charge is 0.178 e. The van der Waals surface area contributed by atoms with Gasteiger partial charge in [-0.25, -0.2) is 18.7 Å². The van der Waals surface area contributed by atoms with E-state index in [0.29, 0.717) is 42.6 Å². The number of hydrogen-bond acceptors (Lipinski definition) is 6. The van der Waals surface area contributed by atoms with Gasteiger partial charge in [-0.1, -0.05) is 0 Å². The topological polar surface area (TPSA) is 54.4 Å². The normalized spacial score (nSPS) is 18.0. The van der Waals surface area contributed by atoms with Crippen LogP contribution < -0.4 is 9.64 Å². The molecule has 0 atom stereocenters. The lowest BCUT2D eigenvalue weighted by atomic mass is 9.86. The summed E-state index contributed by atoms with van der Waals surface area (Å²) in [4.78, 5) is 18.2. The van der Waals surface area contributed by atoms with E-state index in [9.17, 15) is 0 Å². The minimum absolute atomic E-state index is 0.102. The molecule has 1 aromatic carbocycles. The molecule has 1 saturated heterocycles. The van der Waals surface area contributed by atoms with Crippen molar-refractivity contribution in [3.05, 3.63) is 64.4 Å². The Balaban J connectivity index is 1.32. The van der Waals surface area contributed by atoms with E-state index in [1.165, 1.54) is 41.8 Å². The minimum atomic E-state index is -0.572. The number of rotatable bonds is 5. The molecule has 200 valence electrons. The molecule has 1 aliphatic carbocycles. The fourth-order valence-corrected chi connectivity index (χ4v) is 6.32. The Kier molecular flexibility index (Phi) is 6.76. The van der Waals surface area contributed by atoms with Gasteiger partial charge in [-0.15, -0.1) is 0 Å². The van der Waals surface area contributed by atoms with Crippen LogP contribution >= 0.6 is 0 Å². The fourth-order valence-electron chi connectivity index (χ4n) is 6.32. The molecule has 6 rings (SSSR count). The number of aromatic nitrogens is 3. The van der Waals surface area contributed by atoms with Crippen molar-refractivity contribution in [2.24, 2.45) is 0 Å². The molecule has 8 heteroatoms. The predicted molar refractivity (Wildman–Crippen MR) is 144 cm³/mol. The van der Waals surface area contributed by atoms with Crippen molar-refractivity contribution in [1.82, 2.24) is 19.9 Å². The molecule has 0 spiro atoms. The molecule has 4 heterocycles. The van der Waals surface area contributed by atoms with Gasteiger partial charge in [0.15, 0.2) is 17.4 Å². The van der Waals surface area contributed by atoms with Gasteiger partial charge in [-0.05, 0) is 101 Å². The van der Waals surface area contributed by atoms with Gasteiger partial charge in [0, 0.05) is 17.8 Å². The highest BCUT2D eigenvalue weighted by Gasteiger charge is 2.28. The average Bonchev–Trinajstić information content (AvgIpc) is 3.41. The highest BCUT2D eigenvalue weighted by molar-refractivity contribution is 5.72. The number of pyridine rings is 1. The van der Waals surface area contributed by atoms with E-state index in [4.69, 9.17) is 9.72 Å². The number of fused-ring (bicyclic) bond motifs is 2. The molecule has 1 fully saturated rings. The zero-order valence-electron chi connectivity index (χ0n) is 22.4. The van der Waals surface area contributed by atoms with Crippen molar-refractivity contribution < 1.29 is 13.5 Å². The zero-order chi connectivity index (χ0) is 26.4. The lowest BCUT2D eigenvalue weighted by molar-refractivity contribution is 0.254. The first-order valence-corrected chi connectivity index (χ1v) is 13.8. The van der Waals surface area contributed by atoms with E-state index in [2.05, 4.69) is 33.0 Å². The quantitative estimate of drug-likeness (QED) is 0.455. The second-order valence-electron chi connectivity index (χ2n) is 11.1. The third-order valence-corrected chi connectivity index (χ3v) is 8.36. The summed E-state index contributed by atoms with van der Waals surface area (Å²) in [5, 5.41) is 0. The van der Waals surface area contributed by atoms with Gasteiger partial charge in [0.1, 0.15) is 18.1 Å². The van der Waals surface area contributed by atoms with Crippen molar-refractivity contribution in [1.29, 1.82) is 0 Å². The van der Waals surface area contributed by atoms with Gasteiger partial charge in [-0.2, -0.15) is 0 Å². The molecular weight excluding hydrogens is 484 g/mol. The van der Waals surface area contributed by atoms with Gasteiger partial charge in [0.05, 0.1) is 30.5 Å². The molecule has 6 nitrogen and oxygen atoms in total. The maximum Gasteiger partial charge on any atom is 0.178 e. The molecule has 2 aliphatic heterocycles. The molecule has 2 aromatic heterocycles. The number of ether oxygens (including phenoxy) is 1. The summed E-state index contributed by atoms with van der Waals surface area (Å²) >= 11 is 0. The summed E-state index contributed by atoms with van der Waals surface area (Å²) < 4.78 is 35.7. The van der Waals surface area contributed by atoms with E-state index >= 15 is 8.78 Å². The number of piperidine rings is 1. The molecule has 3 aliphatic rings. The number of nitrogens with zero attached hydrogens (tertiary/aromatic N) is 5. The molecule has 38 heavy (non-hydrogen) atoms. The Morgan fingerprint density at radius 2 is 1.79 bits per heavy atom. The minimum Gasteiger partial charge on any atom is -0.486 e. The lowest BCUT2D eigenvalue weighted by Crippen LogP contribution is -2.38. The van der Waals surface area contributed by atoms with Crippen LogP contribution in [0.1, 0.15) is 67.2 Å². The molecule has 0 N–H and O–H groups in total. The second-order valence-corrected chi connectivity index (χ2v) is 11.1. The summed E-state index contributed by atoms with van der Waals surface area (Å²) in [5.74, 6) is 0.197.